The highest BCUT2D eigenvalue weighted by atomic mass is 14.5. The van der Waals surface area contributed by atoms with Crippen molar-refractivity contribution in [2.24, 2.45) is 17.1 Å². The van der Waals surface area contributed by atoms with E-state index in [1.54, 1.807) is 0 Å². The van der Waals surface area contributed by atoms with Crippen molar-refractivity contribution in [3.05, 3.63) is 23.9 Å². The van der Waals surface area contributed by atoms with Crippen LogP contribution in [-0.4, -0.2) is 0 Å². The zero-order valence-electron chi connectivity index (χ0n) is 9.65. The molecule has 0 atom stereocenters. The van der Waals surface area contributed by atoms with Crippen molar-refractivity contribution in [2.75, 3.05) is 0 Å². The number of allylic oxidation sites excluding steroid dienone is 2. The Hall–Kier alpha value is -0.720. The average Bonchev–Trinajstić information content (AvgIpc) is 1.81. The lowest BCUT2D eigenvalue weighted by atomic mass is 9.81. The molecule has 0 aliphatic heterocycles. The van der Waals surface area contributed by atoms with E-state index in [-0.39, 0.29) is 5.41 Å². The first-order chi connectivity index (χ1) is 5.73. The standard InChI is InChI=1S/C12H23N/c1-9(2)7-11(8-10(3)13)12(4,5)6/h8-9H,3,7,13H2,1-2,4-6H3/b11-8+. The molecular formula is C12H23N. The molecule has 1 heteroatoms. The summed E-state index contributed by atoms with van der Waals surface area (Å²) < 4.78 is 0. The molecule has 0 amide bonds. The molecule has 0 aliphatic carbocycles. The summed E-state index contributed by atoms with van der Waals surface area (Å²) in [5.41, 5.74) is 7.84. The van der Waals surface area contributed by atoms with E-state index < -0.39 is 0 Å². The molecule has 0 rings (SSSR count). The van der Waals surface area contributed by atoms with Gasteiger partial charge in [-0.3, -0.25) is 0 Å². The minimum atomic E-state index is 0.201. The fourth-order valence-corrected chi connectivity index (χ4v) is 1.25. The predicted octanol–water partition coefficient (Wildman–Crippen LogP) is 3.48. The van der Waals surface area contributed by atoms with Gasteiger partial charge in [-0.25, -0.2) is 0 Å². The molecule has 13 heavy (non-hydrogen) atoms. The Kier molecular flexibility index (Phi) is 4.25. The Morgan fingerprint density at radius 3 is 2.08 bits per heavy atom. The van der Waals surface area contributed by atoms with Crippen molar-refractivity contribution in [2.45, 2.75) is 41.0 Å². The second kappa shape index (κ2) is 4.50. The van der Waals surface area contributed by atoms with Crippen LogP contribution >= 0.6 is 0 Å². The van der Waals surface area contributed by atoms with Crippen molar-refractivity contribution in [1.29, 1.82) is 0 Å². The lowest BCUT2D eigenvalue weighted by molar-refractivity contribution is 0.453. The van der Waals surface area contributed by atoms with Crippen LogP contribution < -0.4 is 5.73 Å². The molecule has 0 aromatic rings. The summed E-state index contributed by atoms with van der Waals surface area (Å²) in [6, 6.07) is 0. The highest BCUT2D eigenvalue weighted by Gasteiger charge is 2.17. The molecule has 2 N–H and O–H groups in total. The van der Waals surface area contributed by atoms with Gasteiger partial charge in [0.25, 0.3) is 0 Å². The number of hydrogen-bond acceptors (Lipinski definition) is 1. The van der Waals surface area contributed by atoms with Gasteiger partial charge in [0.1, 0.15) is 0 Å². The lowest BCUT2D eigenvalue weighted by Crippen LogP contribution is -2.12. The number of rotatable bonds is 3. The molecular weight excluding hydrogens is 158 g/mol. The van der Waals surface area contributed by atoms with Crippen LogP contribution in [0.3, 0.4) is 0 Å². The molecule has 76 valence electrons. The van der Waals surface area contributed by atoms with E-state index in [1.165, 1.54) is 5.57 Å². The van der Waals surface area contributed by atoms with E-state index in [2.05, 4.69) is 41.2 Å². The Bertz CT molecular complexity index is 204. The molecule has 0 radical (unpaired) electrons. The first-order valence-electron chi connectivity index (χ1n) is 4.89. The maximum Gasteiger partial charge on any atom is 0.0240 e. The molecule has 1 nitrogen and oxygen atoms in total. The SMILES string of the molecule is C=C(N)/C=C(\CC(C)C)C(C)(C)C. The summed E-state index contributed by atoms with van der Waals surface area (Å²) in [5, 5.41) is 0. The first kappa shape index (κ1) is 12.3. The maximum absolute atomic E-state index is 5.59. The molecule has 0 aromatic carbocycles. The molecule has 0 aromatic heterocycles. The van der Waals surface area contributed by atoms with Gasteiger partial charge < -0.3 is 5.73 Å². The van der Waals surface area contributed by atoms with Crippen molar-refractivity contribution in [1.82, 2.24) is 0 Å². The monoisotopic (exact) mass is 181 g/mol. The molecule has 0 fully saturated rings. The largest absolute Gasteiger partial charge is 0.399 e. The molecule has 0 heterocycles. The Balaban J connectivity index is 4.67. The predicted molar refractivity (Wildman–Crippen MR) is 60.3 cm³/mol. The number of nitrogens with two attached hydrogens (primary N) is 1. The van der Waals surface area contributed by atoms with Gasteiger partial charge in [0.15, 0.2) is 0 Å². The zero-order valence-corrected chi connectivity index (χ0v) is 9.65. The van der Waals surface area contributed by atoms with Gasteiger partial charge in [0, 0.05) is 5.70 Å². The molecule has 0 saturated carbocycles. The van der Waals surface area contributed by atoms with Crippen LogP contribution in [0.4, 0.5) is 0 Å². The smallest absolute Gasteiger partial charge is 0.0240 e. The lowest BCUT2D eigenvalue weighted by Gasteiger charge is -2.24. The van der Waals surface area contributed by atoms with Crippen LogP contribution in [0.1, 0.15) is 41.0 Å². The summed E-state index contributed by atoms with van der Waals surface area (Å²) in [6.45, 7) is 14.8. The van der Waals surface area contributed by atoms with Crippen LogP contribution in [0.2, 0.25) is 0 Å². The van der Waals surface area contributed by atoms with Crippen molar-refractivity contribution < 1.29 is 0 Å². The third-order valence-corrected chi connectivity index (χ3v) is 1.95. The molecule has 0 bridgehead atoms. The topological polar surface area (TPSA) is 26.0 Å². The van der Waals surface area contributed by atoms with Gasteiger partial charge in [-0.2, -0.15) is 0 Å². The van der Waals surface area contributed by atoms with E-state index in [4.69, 9.17) is 5.73 Å². The summed E-state index contributed by atoms with van der Waals surface area (Å²) in [5.74, 6) is 0.671. The van der Waals surface area contributed by atoms with Gasteiger partial charge in [-0.05, 0) is 23.8 Å². The van der Waals surface area contributed by atoms with Gasteiger partial charge in [0.05, 0.1) is 0 Å². The third kappa shape index (κ3) is 5.51. The summed E-state index contributed by atoms with van der Waals surface area (Å²) in [7, 11) is 0. The minimum Gasteiger partial charge on any atom is -0.399 e. The second-order valence-corrected chi connectivity index (χ2v) is 5.09. The van der Waals surface area contributed by atoms with Crippen LogP contribution in [0.5, 0.6) is 0 Å². The number of hydrogen-bond donors (Lipinski definition) is 1. The molecule has 0 aliphatic rings. The van der Waals surface area contributed by atoms with E-state index in [1.807, 2.05) is 6.08 Å². The second-order valence-electron chi connectivity index (χ2n) is 5.09. The van der Waals surface area contributed by atoms with E-state index in [0.717, 1.165) is 6.42 Å². The van der Waals surface area contributed by atoms with Crippen LogP contribution in [0.25, 0.3) is 0 Å². The highest BCUT2D eigenvalue weighted by Crippen LogP contribution is 2.30. The van der Waals surface area contributed by atoms with Gasteiger partial charge in [-0.15, -0.1) is 0 Å². The maximum atomic E-state index is 5.59. The average molecular weight is 181 g/mol. The van der Waals surface area contributed by atoms with Crippen LogP contribution in [0, 0.1) is 11.3 Å². The van der Waals surface area contributed by atoms with Crippen LogP contribution in [0.15, 0.2) is 23.9 Å². The summed E-state index contributed by atoms with van der Waals surface area (Å²) >= 11 is 0. The van der Waals surface area contributed by atoms with Crippen molar-refractivity contribution in [3.8, 4) is 0 Å². The van der Waals surface area contributed by atoms with E-state index in [9.17, 15) is 0 Å². The highest BCUT2D eigenvalue weighted by molar-refractivity contribution is 5.22. The quantitative estimate of drug-likeness (QED) is 0.663. The fraction of sp³-hybridized carbons (Fsp3) is 0.667. The molecule has 0 saturated heterocycles. The van der Waals surface area contributed by atoms with Gasteiger partial charge in [-0.1, -0.05) is 46.8 Å². The molecule has 0 spiro atoms. The fourth-order valence-electron chi connectivity index (χ4n) is 1.25. The summed E-state index contributed by atoms with van der Waals surface area (Å²) in [4.78, 5) is 0. The van der Waals surface area contributed by atoms with Gasteiger partial charge in [0.2, 0.25) is 0 Å². The Morgan fingerprint density at radius 2 is 1.85 bits per heavy atom. The molecule has 0 unspecified atom stereocenters. The van der Waals surface area contributed by atoms with Gasteiger partial charge >= 0.3 is 0 Å². The minimum absolute atomic E-state index is 0.201. The van der Waals surface area contributed by atoms with Crippen molar-refractivity contribution >= 4 is 0 Å². The van der Waals surface area contributed by atoms with E-state index >= 15 is 0 Å². The van der Waals surface area contributed by atoms with Crippen LogP contribution in [-0.2, 0) is 0 Å². The normalized spacial score (nSPS) is 13.5. The van der Waals surface area contributed by atoms with Crippen molar-refractivity contribution in [3.63, 3.8) is 0 Å². The van der Waals surface area contributed by atoms with E-state index in [0.29, 0.717) is 11.6 Å². The first-order valence-corrected chi connectivity index (χ1v) is 4.89. The zero-order chi connectivity index (χ0) is 10.6. The summed E-state index contributed by atoms with van der Waals surface area (Å²) in [6.07, 6.45) is 3.11. The third-order valence-electron chi connectivity index (χ3n) is 1.95. The Labute approximate surface area is 82.7 Å². The Morgan fingerprint density at radius 1 is 1.38 bits per heavy atom.